The number of amides is 1. The first-order valence-electron chi connectivity index (χ1n) is 43.3. The van der Waals surface area contributed by atoms with Gasteiger partial charge in [-0.3, -0.25) is 9.59 Å². The van der Waals surface area contributed by atoms with Crippen molar-refractivity contribution in [3.63, 3.8) is 0 Å². The molecule has 0 bridgehead atoms. The van der Waals surface area contributed by atoms with Crippen LogP contribution in [-0.4, -0.2) is 47.4 Å². The van der Waals surface area contributed by atoms with E-state index in [9.17, 15) is 19.8 Å². The highest BCUT2D eigenvalue weighted by molar-refractivity contribution is 5.76. The van der Waals surface area contributed by atoms with Gasteiger partial charge in [0.2, 0.25) is 5.91 Å². The van der Waals surface area contributed by atoms with Crippen molar-refractivity contribution >= 4 is 11.9 Å². The summed E-state index contributed by atoms with van der Waals surface area (Å²) in [5.41, 5.74) is 0. The molecule has 6 nitrogen and oxygen atoms in total. The number of hydrogen-bond donors (Lipinski definition) is 3. The molecule has 94 heavy (non-hydrogen) atoms. The van der Waals surface area contributed by atoms with Crippen LogP contribution in [0.4, 0.5) is 0 Å². The van der Waals surface area contributed by atoms with E-state index in [4.69, 9.17) is 4.74 Å². The average Bonchev–Trinajstić information content (AvgIpc) is 3.55. The Hall–Kier alpha value is -1.92. The molecule has 0 aliphatic carbocycles. The van der Waals surface area contributed by atoms with E-state index in [1.54, 1.807) is 6.08 Å². The minimum absolute atomic E-state index is 0.0199. The molecule has 0 aliphatic rings. The zero-order valence-corrected chi connectivity index (χ0v) is 64.0. The van der Waals surface area contributed by atoms with Crippen LogP contribution in [0.2, 0.25) is 0 Å². The van der Waals surface area contributed by atoms with Crippen LogP contribution >= 0.6 is 0 Å². The molecule has 3 N–H and O–H groups in total. The SMILES string of the molecule is CCCCCCCC/C=C\CCCCCCCCCC(=O)OCCCCCCCCCCCCCCCCCCCC/C=C\CCCCCCCCCCCCCCCCCCCC(=O)NC(CO)C(O)/C=C/CCCCCCCCCCCCCCCCCCCCC. The number of unbranched alkanes of at least 4 members (excludes halogenated alkanes) is 67. The first kappa shape index (κ1) is 92.1. The second kappa shape index (κ2) is 83.5. The smallest absolute Gasteiger partial charge is 0.305 e. The molecule has 0 saturated heterocycles. The number of aliphatic hydroxyl groups is 2. The minimum atomic E-state index is -0.843. The van der Waals surface area contributed by atoms with Crippen LogP contribution in [0.15, 0.2) is 36.5 Å². The van der Waals surface area contributed by atoms with Gasteiger partial charge in [-0.15, -0.1) is 0 Å². The van der Waals surface area contributed by atoms with Gasteiger partial charge in [0.1, 0.15) is 0 Å². The summed E-state index contributed by atoms with van der Waals surface area (Å²) in [5, 5.41) is 23.3. The van der Waals surface area contributed by atoms with Gasteiger partial charge in [-0.2, -0.15) is 0 Å². The van der Waals surface area contributed by atoms with Gasteiger partial charge >= 0.3 is 5.97 Å². The average molecular weight is 1320 g/mol. The Kier molecular flexibility index (Phi) is 81.8. The number of carbonyl (C=O) groups is 2. The lowest BCUT2D eigenvalue weighted by Crippen LogP contribution is -2.45. The number of nitrogens with one attached hydrogen (secondary N) is 1. The molecule has 0 aromatic heterocycles. The fourth-order valence-corrected chi connectivity index (χ4v) is 13.8. The summed E-state index contributed by atoms with van der Waals surface area (Å²) in [7, 11) is 0. The van der Waals surface area contributed by atoms with Gasteiger partial charge in [-0.25, -0.2) is 0 Å². The normalized spacial score (nSPS) is 12.6. The van der Waals surface area contributed by atoms with Crippen molar-refractivity contribution in [3.05, 3.63) is 36.5 Å². The van der Waals surface area contributed by atoms with E-state index in [0.29, 0.717) is 19.4 Å². The summed E-state index contributed by atoms with van der Waals surface area (Å²) in [6.07, 6.45) is 110. The minimum Gasteiger partial charge on any atom is -0.466 e. The lowest BCUT2D eigenvalue weighted by molar-refractivity contribution is -0.143. The third-order valence-corrected chi connectivity index (χ3v) is 20.4. The van der Waals surface area contributed by atoms with E-state index in [2.05, 4.69) is 43.5 Å². The Labute approximate surface area is 589 Å². The fourth-order valence-electron chi connectivity index (χ4n) is 13.8. The first-order chi connectivity index (χ1) is 46.5. The molecule has 0 aliphatic heterocycles. The van der Waals surface area contributed by atoms with Crippen LogP contribution in [-0.2, 0) is 14.3 Å². The Balaban J connectivity index is 3.34. The largest absolute Gasteiger partial charge is 0.466 e. The molecule has 2 atom stereocenters. The molecule has 0 fully saturated rings. The van der Waals surface area contributed by atoms with Crippen molar-refractivity contribution in [3.8, 4) is 0 Å². The van der Waals surface area contributed by atoms with E-state index in [1.807, 2.05) is 6.08 Å². The summed E-state index contributed by atoms with van der Waals surface area (Å²) in [6.45, 7) is 4.96. The molecule has 0 aromatic rings. The van der Waals surface area contributed by atoms with E-state index in [1.165, 1.54) is 424 Å². The monoisotopic (exact) mass is 1320 g/mol. The van der Waals surface area contributed by atoms with Gasteiger partial charge in [0.15, 0.2) is 0 Å². The fraction of sp³-hybridized carbons (Fsp3) is 0.909. The number of allylic oxidation sites excluding steroid dienone is 5. The maximum Gasteiger partial charge on any atom is 0.305 e. The van der Waals surface area contributed by atoms with Crippen molar-refractivity contribution in [2.75, 3.05) is 13.2 Å². The molecule has 0 radical (unpaired) electrons. The van der Waals surface area contributed by atoms with Crippen LogP contribution in [0.1, 0.15) is 489 Å². The van der Waals surface area contributed by atoms with Crippen LogP contribution < -0.4 is 5.32 Å². The van der Waals surface area contributed by atoms with Crippen LogP contribution in [0.5, 0.6) is 0 Å². The molecule has 0 spiro atoms. The predicted octanol–water partition coefficient (Wildman–Crippen LogP) is 28.9. The highest BCUT2D eigenvalue weighted by atomic mass is 16.5. The van der Waals surface area contributed by atoms with E-state index < -0.39 is 12.1 Å². The summed E-state index contributed by atoms with van der Waals surface area (Å²) < 4.78 is 5.51. The Bertz CT molecular complexity index is 1520. The summed E-state index contributed by atoms with van der Waals surface area (Å²) >= 11 is 0. The van der Waals surface area contributed by atoms with E-state index in [0.717, 1.165) is 38.5 Å². The number of ether oxygens (including phenoxy) is 1. The molecule has 2 unspecified atom stereocenters. The Morgan fingerprint density at radius 2 is 0.500 bits per heavy atom. The standard InChI is InChI=1S/C88H169NO5/c1-3-5-7-9-11-13-15-17-19-21-22-42-45-49-52-56-60-64-68-72-76-80-86(91)85(84-90)89-87(92)81-77-73-69-65-61-57-53-50-46-43-40-38-36-34-32-30-28-26-24-23-25-27-29-31-33-35-37-39-41-44-47-51-55-59-63-67-71-75-79-83-94-88(93)82-78-74-70-66-62-58-54-48-20-18-16-14-12-10-8-6-4-2/h18,20,23-24,76,80,85-86,90-91H,3-17,19,21-22,25-75,77-79,81-84H2,1-2H3,(H,89,92)/b20-18-,24-23-,80-76+. The third-order valence-electron chi connectivity index (χ3n) is 20.4. The van der Waals surface area contributed by atoms with Gasteiger partial charge in [-0.1, -0.05) is 429 Å². The van der Waals surface area contributed by atoms with Crippen molar-refractivity contribution in [2.24, 2.45) is 0 Å². The summed E-state index contributed by atoms with van der Waals surface area (Å²) in [4.78, 5) is 24.7. The Morgan fingerprint density at radius 1 is 0.287 bits per heavy atom. The number of aliphatic hydroxyl groups excluding tert-OH is 2. The predicted molar refractivity (Wildman–Crippen MR) is 416 cm³/mol. The van der Waals surface area contributed by atoms with E-state index in [-0.39, 0.29) is 18.5 Å². The maximum absolute atomic E-state index is 12.6. The van der Waals surface area contributed by atoms with Crippen molar-refractivity contribution in [2.45, 2.75) is 501 Å². The quantitative estimate of drug-likeness (QED) is 0.0320. The molecular weight excluding hydrogens is 1150 g/mol. The second-order valence-corrected chi connectivity index (χ2v) is 29.9. The van der Waals surface area contributed by atoms with Gasteiger partial charge in [0, 0.05) is 12.8 Å². The van der Waals surface area contributed by atoms with Crippen molar-refractivity contribution in [1.82, 2.24) is 5.32 Å². The zero-order valence-electron chi connectivity index (χ0n) is 64.0. The van der Waals surface area contributed by atoms with Crippen molar-refractivity contribution in [1.29, 1.82) is 0 Å². The number of hydrogen-bond acceptors (Lipinski definition) is 5. The molecule has 0 rings (SSSR count). The van der Waals surface area contributed by atoms with Gasteiger partial charge in [-0.05, 0) is 83.5 Å². The summed E-state index contributed by atoms with van der Waals surface area (Å²) in [6, 6.07) is -0.626. The first-order valence-corrected chi connectivity index (χ1v) is 43.3. The van der Waals surface area contributed by atoms with Crippen molar-refractivity contribution < 1.29 is 24.5 Å². The number of rotatable bonds is 82. The summed E-state index contributed by atoms with van der Waals surface area (Å²) in [5.74, 6) is -0.0388. The second-order valence-electron chi connectivity index (χ2n) is 29.9. The third kappa shape index (κ3) is 79.1. The molecular formula is C88H169NO5. The Morgan fingerprint density at radius 3 is 0.755 bits per heavy atom. The molecule has 556 valence electrons. The van der Waals surface area contributed by atoms with Crippen LogP contribution in [0, 0.1) is 0 Å². The molecule has 0 aromatic carbocycles. The van der Waals surface area contributed by atoms with Gasteiger partial charge < -0.3 is 20.3 Å². The highest BCUT2D eigenvalue weighted by Crippen LogP contribution is 2.20. The number of carbonyl (C=O) groups excluding carboxylic acids is 2. The van der Waals surface area contributed by atoms with Crippen LogP contribution in [0.25, 0.3) is 0 Å². The van der Waals surface area contributed by atoms with Gasteiger partial charge in [0.05, 0.1) is 25.4 Å². The number of esters is 1. The molecule has 0 saturated carbocycles. The lowest BCUT2D eigenvalue weighted by atomic mass is 10.0. The topological polar surface area (TPSA) is 95.9 Å². The van der Waals surface area contributed by atoms with Gasteiger partial charge in [0.25, 0.3) is 0 Å². The molecule has 6 heteroatoms. The van der Waals surface area contributed by atoms with Crippen LogP contribution in [0.3, 0.4) is 0 Å². The zero-order chi connectivity index (χ0) is 67.7. The highest BCUT2D eigenvalue weighted by Gasteiger charge is 2.18. The van der Waals surface area contributed by atoms with E-state index >= 15 is 0 Å². The molecule has 0 heterocycles. The lowest BCUT2D eigenvalue weighted by Gasteiger charge is -2.20. The molecule has 1 amide bonds. The maximum atomic E-state index is 12.6.